The summed E-state index contributed by atoms with van der Waals surface area (Å²) >= 11 is 0. The van der Waals surface area contributed by atoms with E-state index in [1.807, 2.05) is 0 Å². The fraction of sp³-hybridized carbons (Fsp3) is 0.294. The molecule has 0 aliphatic carbocycles. The maximum Gasteiger partial charge on any atom is 0.0664 e. The van der Waals surface area contributed by atoms with E-state index in [0.717, 1.165) is 0 Å². The van der Waals surface area contributed by atoms with Crippen LogP contribution >= 0.6 is 0 Å². The molecule has 19 heavy (non-hydrogen) atoms. The predicted octanol–water partition coefficient (Wildman–Crippen LogP) is 3.44. The Bertz CT molecular complexity index is 548. The van der Waals surface area contributed by atoms with Crippen LogP contribution in [0.15, 0.2) is 48.5 Å². The van der Waals surface area contributed by atoms with Crippen LogP contribution in [0.25, 0.3) is 0 Å². The molecule has 0 bridgehead atoms. The van der Waals surface area contributed by atoms with Crippen molar-refractivity contribution in [1.82, 2.24) is 0 Å². The number of hydrogen-bond donors (Lipinski definition) is 1. The molecule has 0 saturated heterocycles. The Morgan fingerprint density at radius 1 is 0.947 bits per heavy atom. The second kappa shape index (κ2) is 5.89. The van der Waals surface area contributed by atoms with E-state index >= 15 is 0 Å². The molecule has 0 aliphatic rings. The third-order valence-corrected chi connectivity index (χ3v) is 3.73. The molecule has 1 unspecified atom stereocenters. The number of para-hydroxylation sites is 1. The monoisotopic (exact) mass is 254 g/mol. The van der Waals surface area contributed by atoms with E-state index in [9.17, 15) is 0 Å². The van der Waals surface area contributed by atoms with E-state index in [2.05, 4.69) is 74.3 Å². The molecule has 2 heteroatoms. The van der Waals surface area contributed by atoms with Crippen molar-refractivity contribution in [2.24, 2.45) is 5.73 Å². The molecular formula is C17H22N2. The minimum Gasteiger partial charge on any atom is -0.366 e. The van der Waals surface area contributed by atoms with Gasteiger partial charge in [-0.1, -0.05) is 42.5 Å². The van der Waals surface area contributed by atoms with Crippen LogP contribution in [0.2, 0.25) is 0 Å². The Balaban J connectivity index is 2.38. The summed E-state index contributed by atoms with van der Waals surface area (Å²) in [6.45, 7) is 4.89. The fourth-order valence-electron chi connectivity index (χ4n) is 2.58. The highest BCUT2D eigenvalue weighted by Gasteiger charge is 2.18. The Kier molecular flexibility index (Phi) is 4.23. The topological polar surface area (TPSA) is 29.3 Å². The standard InChI is InChI=1S/C17H22N2/c1-13-8-4-6-10-15(13)17(12-18)19(3)16-11-7-5-9-14(16)2/h4-11,17H,12,18H2,1-3H3. The molecule has 2 N–H and O–H groups in total. The average Bonchev–Trinajstić information content (AvgIpc) is 2.42. The van der Waals surface area contributed by atoms with Gasteiger partial charge in [-0.2, -0.15) is 0 Å². The van der Waals surface area contributed by atoms with E-state index in [4.69, 9.17) is 5.73 Å². The van der Waals surface area contributed by atoms with Crippen LogP contribution in [-0.4, -0.2) is 13.6 Å². The number of likely N-dealkylation sites (N-methyl/N-ethyl adjacent to an activating group) is 1. The summed E-state index contributed by atoms with van der Waals surface area (Å²) in [4.78, 5) is 2.28. The summed E-state index contributed by atoms with van der Waals surface area (Å²) in [6, 6.07) is 17.1. The Morgan fingerprint density at radius 3 is 2.11 bits per heavy atom. The van der Waals surface area contributed by atoms with Crippen molar-refractivity contribution in [3.8, 4) is 0 Å². The highest BCUT2D eigenvalue weighted by molar-refractivity contribution is 5.54. The zero-order valence-electron chi connectivity index (χ0n) is 11.9. The molecule has 2 aromatic rings. The SMILES string of the molecule is Cc1ccccc1C(CN)N(C)c1ccccc1C. The van der Waals surface area contributed by atoms with Gasteiger partial charge in [0.15, 0.2) is 0 Å². The Morgan fingerprint density at radius 2 is 1.53 bits per heavy atom. The van der Waals surface area contributed by atoms with Gasteiger partial charge in [-0.25, -0.2) is 0 Å². The fourth-order valence-corrected chi connectivity index (χ4v) is 2.58. The van der Waals surface area contributed by atoms with Crippen molar-refractivity contribution >= 4 is 5.69 Å². The average molecular weight is 254 g/mol. The molecule has 2 rings (SSSR count). The Hall–Kier alpha value is -1.80. The lowest BCUT2D eigenvalue weighted by molar-refractivity contribution is 0.675. The molecular weight excluding hydrogens is 232 g/mol. The minimum atomic E-state index is 0.210. The summed E-state index contributed by atoms with van der Waals surface area (Å²) in [5.41, 5.74) is 11.1. The number of nitrogens with zero attached hydrogens (tertiary/aromatic N) is 1. The van der Waals surface area contributed by atoms with Gasteiger partial charge in [0.2, 0.25) is 0 Å². The van der Waals surface area contributed by atoms with Crippen molar-refractivity contribution in [2.75, 3.05) is 18.5 Å². The van der Waals surface area contributed by atoms with Gasteiger partial charge in [-0.15, -0.1) is 0 Å². The maximum atomic E-state index is 6.02. The van der Waals surface area contributed by atoms with Crippen molar-refractivity contribution in [1.29, 1.82) is 0 Å². The molecule has 0 radical (unpaired) electrons. The van der Waals surface area contributed by atoms with Gasteiger partial charge < -0.3 is 10.6 Å². The number of hydrogen-bond acceptors (Lipinski definition) is 2. The lowest BCUT2D eigenvalue weighted by Crippen LogP contribution is -2.31. The molecule has 0 aliphatic heterocycles. The molecule has 0 fully saturated rings. The second-order valence-corrected chi connectivity index (χ2v) is 5.01. The third kappa shape index (κ3) is 2.79. The van der Waals surface area contributed by atoms with Crippen LogP contribution in [0.1, 0.15) is 22.7 Å². The van der Waals surface area contributed by atoms with Gasteiger partial charge in [0.05, 0.1) is 6.04 Å². The highest BCUT2D eigenvalue weighted by Crippen LogP contribution is 2.28. The van der Waals surface area contributed by atoms with E-state index in [1.54, 1.807) is 0 Å². The molecule has 0 amide bonds. The summed E-state index contributed by atoms with van der Waals surface area (Å²) < 4.78 is 0. The molecule has 0 saturated carbocycles. The van der Waals surface area contributed by atoms with Gasteiger partial charge in [0.1, 0.15) is 0 Å². The van der Waals surface area contributed by atoms with Crippen molar-refractivity contribution in [2.45, 2.75) is 19.9 Å². The number of nitrogens with two attached hydrogens (primary N) is 1. The lowest BCUT2D eigenvalue weighted by atomic mass is 9.99. The van der Waals surface area contributed by atoms with E-state index < -0.39 is 0 Å². The van der Waals surface area contributed by atoms with Crippen molar-refractivity contribution < 1.29 is 0 Å². The lowest BCUT2D eigenvalue weighted by Gasteiger charge is -2.31. The highest BCUT2D eigenvalue weighted by atomic mass is 15.1. The van der Waals surface area contributed by atoms with Gasteiger partial charge in [0.25, 0.3) is 0 Å². The van der Waals surface area contributed by atoms with E-state index in [1.165, 1.54) is 22.4 Å². The molecule has 2 nitrogen and oxygen atoms in total. The number of aryl methyl sites for hydroxylation is 2. The first kappa shape index (κ1) is 13.6. The molecule has 0 spiro atoms. The van der Waals surface area contributed by atoms with E-state index in [0.29, 0.717) is 6.54 Å². The van der Waals surface area contributed by atoms with Crippen LogP contribution in [0.4, 0.5) is 5.69 Å². The third-order valence-electron chi connectivity index (χ3n) is 3.73. The molecule has 2 aromatic carbocycles. The van der Waals surface area contributed by atoms with Crippen LogP contribution in [0, 0.1) is 13.8 Å². The van der Waals surface area contributed by atoms with Crippen LogP contribution in [0.3, 0.4) is 0 Å². The largest absolute Gasteiger partial charge is 0.366 e. The number of benzene rings is 2. The molecule has 0 heterocycles. The normalized spacial score (nSPS) is 12.2. The summed E-state index contributed by atoms with van der Waals surface area (Å²) in [7, 11) is 2.12. The minimum absolute atomic E-state index is 0.210. The zero-order chi connectivity index (χ0) is 13.8. The Labute approximate surface area is 115 Å². The van der Waals surface area contributed by atoms with Gasteiger partial charge >= 0.3 is 0 Å². The first-order chi connectivity index (χ1) is 9.15. The molecule has 100 valence electrons. The van der Waals surface area contributed by atoms with Crippen molar-refractivity contribution in [3.63, 3.8) is 0 Å². The molecule has 1 atom stereocenters. The number of rotatable bonds is 4. The van der Waals surface area contributed by atoms with Crippen molar-refractivity contribution in [3.05, 3.63) is 65.2 Å². The quantitative estimate of drug-likeness (QED) is 0.905. The first-order valence-corrected chi connectivity index (χ1v) is 6.69. The summed E-state index contributed by atoms with van der Waals surface area (Å²) in [5, 5.41) is 0. The summed E-state index contributed by atoms with van der Waals surface area (Å²) in [5.74, 6) is 0. The molecule has 0 aromatic heterocycles. The smallest absolute Gasteiger partial charge is 0.0664 e. The maximum absolute atomic E-state index is 6.02. The second-order valence-electron chi connectivity index (χ2n) is 5.01. The van der Waals surface area contributed by atoms with Crippen LogP contribution < -0.4 is 10.6 Å². The van der Waals surface area contributed by atoms with Crippen LogP contribution in [0.5, 0.6) is 0 Å². The summed E-state index contributed by atoms with van der Waals surface area (Å²) in [6.07, 6.45) is 0. The van der Waals surface area contributed by atoms with Crippen LogP contribution in [-0.2, 0) is 0 Å². The predicted molar refractivity (Wildman–Crippen MR) is 82.6 cm³/mol. The first-order valence-electron chi connectivity index (χ1n) is 6.69. The number of anilines is 1. The van der Waals surface area contributed by atoms with Gasteiger partial charge in [-0.3, -0.25) is 0 Å². The van der Waals surface area contributed by atoms with Gasteiger partial charge in [-0.05, 0) is 36.6 Å². The zero-order valence-corrected chi connectivity index (χ0v) is 11.9. The van der Waals surface area contributed by atoms with Gasteiger partial charge in [0, 0.05) is 19.3 Å². The van der Waals surface area contributed by atoms with E-state index in [-0.39, 0.29) is 6.04 Å².